The first kappa shape index (κ1) is 16.0. The van der Waals surface area contributed by atoms with Gasteiger partial charge >= 0.3 is 0 Å². The Hall–Kier alpha value is -1.84. The molecule has 1 aromatic carbocycles. The molecule has 0 saturated heterocycles. The molecule has 4 atom stereocenters. The summed E-state index contributed by atoms with van der Waals surface area (Å²) in [6.07, 6.45) is 5.79. The third-order valence-corrected chi connectivity index (χ3v) is 5.46. The highest BCUT2D eigenvalue weighted by Crippen LogP contribution is 2.49. The van der Waals surface area contributed by atoms with Crippen LogP contribution in [-0.2, 0) is 16.0 Å². The molecule has 2 aliphatic carbocycles. The van der Waals surface area contributed by atoms with Gasteiger partial charge in [0.15, 0.2) is 0 Å². The molecular formula is C19H26N2O2. The second kappa shape index (κ2) is 6.73. The molecule has 0 spiro atoms. The van der Waals surface area contributed by atoms with E-state index < -0.39 is 0 Å². The highest BCUT2D eigenvalue weighted by atomic mass is 16.2. The van der Waals surface area contributed by atoms with Gasteiger partial charge in [-0.1, -0.05) is 18.6 Å². The molecule has 2 amide bonds. The molecule has 124 valence electrons. The van der Waals surface area contributed by atoms with Crippen LogP contribution in [0.25, 0.3) is 0 Å². The number of hydrogen-bond acceptors (Lipinski definition) is 2. The Morgan fingerprint density at radius 2 is 1.91 bits per heavy atom. The monoisotopic (exact) mass is 314 g/mol. The average Bonchev–Trinajstić information content (AvgIpc) is 3.11. The first-order valence-electron chi connectivity index (χ1n) is 8.67. The lowest BCUT2D eigenvalue weighted by atomic mass is 9.84. The molecule has 0 aliphatic heterocycles. The molecule has 2 bridgehead atoms. The van der Waals surface area contributed by atoms with E-state index in [2.05, 4.69) is 17.6 Å². The molecule has 2 fully saturated rings. The van der Waals surface area contributed by atoms with Crippen LogP contribution in [0.15, 0.2) is 24.3 Å². The second-order valence-electron chi connectivity index (χ2n) is 7.25. The number of amides is 2. The van der Waals surface area contributed by atoms with Gasteiger partial charge in [-0.3, -0.25) is 9.59 Å². The van der Waals surface area contributed by atoms with Gasteiger partial charge in [0.1, 0.15) is 0 Å². The van der Waals surface area contributed by atoms with Crippen molar-refractivity contribution in [3.05, 3.63) is 29.8 Å². The van der Waals surface area contributed by atoms with Gasteiger partial charge in [0.2, 0.25) is 11.8 Å². The third-order valence-electron chi connectivity index (χ3n) is 5.46. The lowest BCUT2D eigenvalue weighted by Gasteiger charge is -2.28. The Labute approximate surface area is 138 Å². The number of fused-ring (bicyclic) bond motifs is 2. The summed E-state index contributed by atoms with van der Waals surface area (Å²) < 4.78 is 0. The highest BCUT2D eigenvalue weighted by molar-refractivity contribution is 5.88. The van der Waals surface area contributed by atoms with E-state index in [0.29, 0.717) is 12.3 Å². The van der Waals surface area contributed by atoms with Crippen molar-refractivity contribution in [2.24, 2.45) is 17.8 Å². The largest absolute Gasteiger partial charge is 0.353 e. The summed E-state index contributed by atoms with van der Waals surface area (Å²) in [5.41, 5.74) is 1.73. The molecule has 0 radical (unpaired) electrons. The van der Waals surface area contributed by atoms with Gasteiger partial charge in [-0.25, -0.2) is 0 Å². The predicted molar refractivity (Wildman–Crippen MR) is 91.0 cm³/mol. The topological polar surface area (TPSA) is 58.2 Å². The van der Waals surface area contributed by atoms with Crippen molar-refractivity contribution in [2.45, 2.75) is 52.0 Å². The number of carbonyl (C=O) groups excluding carboxylic acids is 2. The van der Waals surface area contributed by atoms with E-state index in [4.69, 9.17) is 0 Å². The van der Waals surface area contributed by atoms with Crippen LogP contribution >= 0.6 is 0 Å². The number of hydrogen-bond donors (Lipinski definition) is 2. The molecule has 23 heavy (non-hydrogen) atoms. The van der Waals surface area contributed by atoms with E-state index in [-0.39, 0.29) is 17.9 Å². The Kier molecular flexibility index (Phi) is 4.69. The number of anilines is 1. The minimum Gasteiger partial charge on any atom is -0.353 e. The Balaban J connectivity index is 1.50. The summed E-state index contributed by atoms with van der Waals surface area (Å²) >= 11 is 0. The number of rotatable bonds is 5. The molecular weight excluding hydrogens is 288 g/mol. The van der Waals surface area contributed by atoms with Crippen molar-refractivity contribution in [3.8, 4) is 0 Å². The molecule has 4 heteroatoms. The summed E-state index contributed by atoms with van der Waals surface area (Å²) in [6.45, 7) is 3.64. The van der Waals surface area contributed by atoms with Crippen LogP contribution in [0.3, 0.4) is 0 Å². The molecule has 0 unspecified atom stereocenters. The maximum atomic E-state index is 12.3. The first-order chi connectivity index (χ1) is 11.0. The van der Waals surface area contributed by atoms with Crippen LogP contribution in [0, 0.1) is 17.8 Å². The zero-order chi connectivity index (χ0) is 16.4. The fourth-order valence-electron chi connectivity index (χ4n) is 4.41. The van der Waals surface area contributed by atoms with Crippen LogP contribution in [0.2, 0.25) is 0 Å². The normalized spacial score (nSPS) is 26.8. The maximum Gasteiger partial charge on any atom is 0.224 e. The summed E-state index contributed by atoms with van der Waals surface area (Å²) in [5.74, 6) is 2.40. The first-order valence-corrected chi connectivity index (χ1v) is 8.67. The molecule has 2 N–H and O–H groups in total. The summed E-state index contributed by atoms with van der Waals surface area (Å²) in [6, 6.07) is 7.74. The third kappa shape index (κ3) is 3.92. The van der Waals surface area contributed by atoms with E-state index >= 15 is 0 Å². The minimum absolute atomic E-state index is 0.0878. The molecule has 1 aromatic rings. The maximum absolute atomic E-state index is 12.3. The molecule has 0 aromatic heterocycles. The quantitative estimate of drug-likeness (QED) is 0.877. The van der Waals surface area contributed by atoms with Gasteiger partial charge in [-0.2, -0.15) is 0 Å². The van der Waals surface area contributed by atoms with Crippen molar-refractivity contribution in [3.63, 3.8) is 0 Å². The zero-order valence-electron chi connectivity index (χ0n) is 14.0. The zero-order valence-corrected chi connectivity index (χ0v) is 14.0. The van der Waals surface area contributed by atoms with Gasteiger partial charge < -0.3 is 10.6 Å². The second-order valence-corrected chi connectivity index (χ2v) is 7.25. The average molecular weight is 314 g/mol. The summed E-state index contributed by atoms with van der Waals surface area (Å²) in [4.78, 5) is 23.3. The number of nitrogens with one attached hydrogen (secondary N) is 2. The van der Waals surface area contributed by atoms with Crippen molar-refractivity contribution in [1.29, 1.82) is 0 Å². The van der Waals surface area contributed by atoms with E-state index in [1.807, 2.05) is 24.3 Å². The van der Waals surface area contributed by atoms with Crippen molar-refractivity contribution in [1.82, 2.24) is 5.32 Å². The van der Waals surface area contributed by atoms with E-state index in [0.717, 1.165) is 23.1 Å². The lowest BCUT2D eigenvalue weighted by molar-refractivity contribution is -0.121. The molecule has 2 saturated carbocycles. The van der Waals surface area contributed by atoms with Gasteiger partial charge in [-0.05, 0) is 61.6 Å². The molecule has 2 aliphatic rings. The van der Waals surface area contributed by atoms with Gasteiger partial charge in [-0.15, -0.1) is 0 Å². The van der Waals surface area contributed by atoms with Gasteiger partial charge in [0.05, 0.1) is 6.42 Å². The van der Waals surface area contributed by atoms with Crippen molar-refractivity contribution >= 4 is 17.5 Å². The minimum atomic E-state index is -0.0878. The highest BCUT2D eigenvalue weighted by Gasteiger charge is 2.42. The van der Waals surface area contributed by atoms with E-state index in [1.165, 1.54) is 32.6 Å². The smallest absolute Gasteiger partial charge is 0.224 e. The summed E-state index contributed by atoms with van der Waals surface area (Å²) in [5, 5.41) is 5.92. The van der Waals surface area contributed by atoms with Crippen molar-refractivity contribution < 1.29 is 9.59 Å². The van der Waals surface area contributed by atoms with Gasteiger partial charge in [0, 0.05) is 18.7 Å². The fourth-order valence-corrected chi connectivity index (χ4v) is 4.41. The van der Waals surface area contributed by atoms with Gasteiger partial charge in [0.25, 0.3) is 0 Å². The fraction of sp³-hybridized carbons (Fsp3) is 0.579. The van der Waals surface area contributed by atoms with Crippen LogP contribution in [0.5, 0.6) is 0 Å². The SMILES string of the molecule is CC(=O)Nc1ccc(CC(=O)N[C@@H](C)[C@H]2C[C@H]3CC[C@H]2C3)cc1. The lowest BCUT2D eigenvalue weighted by Crippen LogP contribution is -2.40. The van der Waals surface area contributed by atoms with E-state index in [9.17, 15) is 9.59 Å². The van der Waals surface area contributed by atoms with E-state index in [1.54, 1.807) is 0 Å². The van der Waals surface area contributed by atoms with Crippen molar-refractivity contribution in [2.75, 3.05) is 5.32 Å². The molecule has 3 rings (SSSR count). The number of benzene rings is 1. The Bertz CT molecular complexity index is 582. The predicted octanol–water partition coefficient (Wildman–Crippen LogP) is 3.13. The Morgan fingerprint density at radius 3 is 2.48 bits per heavy atom. The number of carbonyl (C=O) groups is 2. The summed E-state index contributed by atoms with van der Waals surface area (Å²) in [7, 11) is 0. The van der Waals surface area contributed by atoms with Crippen LogP contribution in [0.1, 0.15) is 45.1 Å². The standard InChI is InChI=1S/C19H26N2O2/c1-12(18-10-15-3-6-16(18)9-15)20-19(23)11-14-4-7-17(8-5-14)21-13(2)22/h4-5,7-8,12,15-16,18H,3,6,9-11H2,1-2H3,(H,20,23)(H,21,22)/t12-,15-,16-,18+/m0/s1. The molecule has 0 heterocycles. The Morgan fingerprint density at radius 1 is 1.17 bits per heavy atom. The van der Waals surface area contributed by atoms with Crippen LogP contribution in [0.4, 0.5) is 5.69 Å². The van der Waals surface area contributed by atoms with Crippen LogP contribution < -0.4 is 10.6 Å². The molecule has 4 nitrogen and oxygen atoms in total. The van der Waals surface area contributed by atoms with Crippen LogP contribution in [-0.4, -0.2) is 17.9 Å².